The van der Waals surface area contributed by atoms with Crippen LogP contribution in [0.3, 0.4) is 0 Å². The van der Waals surface area contributed by atoms with Gasteiger partial charge in [-0.3, -0.25) is 24.0 Å². The van der Waals surface area contributed by atoms with Crippen molar-refractivity contribution < 1.29 is 28.8 Å². The Hall–Kier alpha value is -3.34. The van der Waals surface area contributed by atoms with Crippen molar-refractivity contribution in [2.75, 3.05) is 13.7 Å². The van der Waals surface area contributed by atoms with Crippen molar-refractivity contribution in [3.05, 3.63) is 36.0 Å². The number of piperidine rings is 1. The molecule has 2 aliphatic heterocycles. The average Bonchev–Trinajstić information content (AvgIpc) is 3.44. The molecule has 4 rings (SSSR count). The number of hydrogen-bond donors (Lipinski definition) is 2. The second-order valence-electron chi connectivity index (χ2n) is 13.5. The maximum absolute atomic E-state index is 14.1. The Morgan fingerprint density at radius 1 is 1.02 bits per heavy atom. The number of nitrogens with zero attached hydrogens (tertiary/aromatic N) is 2. The molecule has 264 valence electrons. The van der Waals surface area contributed by atoms with E-state index in [0.717, 1.165) is 61.4 Å². The number of ketones is 1. The lowest BCUT2D eigenvalue weighted by Crippen LogP contribution is -2.61. The third kappa shape index (κ3) is 9.42. The summed E-state index contributed by atoms with van der Waals surface area (Å²) in [6, 6.07) is 5.36. The van der Waals surface area contributed by atoms with Gasteiger partial charge < -0.3 is 20.4 Å². The number of benzene rings is 1. The number of para-hydroxylation sites is 1. The number of aromatic nitrogens is 1. The van der Waals surface area contributed by atoms with Gasteiger partial charge in [-0.05, 0) is 56.1 Å². The summed E-state index contributed by atoms with van der Waals surface area (Å²) in [5, 5.41) is 7.37. The van der Waals surface area contributed by atoms with Crippen molar-refractivity contribution in [3.8, 4) is 0 Å². The summed E-state index contributed by atoms with van der Waals surface area (Å²) in [4.78, 5) is 75.1. The summed E-state index contributed by atoms with van der Waals surface area (Å²) in [5.41, 5.74) is 1.67. The second-order valence-corrected chi connectivity index (χ2v) is 15.0. The van der Waals surface area contributed by atoms with Crippen LogP contribution in [0.4, 0.5) is 0 Å². The largest absolute Gasteiger partial charge is 0.417 e. The third-order valence-corrected chi connectivity index (χ3v) is 11.4. The van der Waals surface area contributed by atoms with Gasteiger partial charge >= 0.3 is 0 Å². The third-order valence-electron chi connectivity index (χ3n) is 10.1. The summed E-state index contributed by atoms with van der Waals surface area (Å²) in [6.45, 7) is 8.07. The minimum Gasteiger partial charge on any atom is -0.417 e. The van der Waals surface area contributed by atoms with Crippen LogP contribution in [0.25, 0.3) is 10.9 Å². The maximum Gasteiger partial charge on any atom is 0.246 e. The van der Waals surface area contributed by atoms with Gasteiger partial charge in [0.25, 0.3) is 0 Å². The van der Waals surface area contributed by atoms with Crippen LogP contribution >= 0.6 is 11.8 Å². The lowest BCUT2D eigenvalue weighted by Gasteiger charge is -2.39. The van der Waals surface area contributed by atoms with E-state index in [0.29, 0.717) is 25.8 Å². The van der Waals surface area contributed by atoms with E-state index < -0.39 is 30.0 Å². The van der Waals surface area contributed by atoms with E-state index in [4.69, 9.17) is 4.84 Å². The Balaban J connectivity index is 1.62. The quantitative estimate of drug-likeness (QED) is 0.277. The summed E-state index contributed by atoms with van der Waals surface area (Å²) >= 11 is 1.39. The molecule has 2 aromatic rings. The Morgan fingerprint density at radius 2 is 1.79 bits per heavy atom. The summed E-state index contributed by atoms with van der Waals surface area (Å²) < 4.78 is 1.64. The number of carbonyl (C=O) groups excluding carboxylic acids is 5. The van der Waals surface area contributed by atoms with Gasteiger partial charge in [0.15, 0.2) is 10.9 Å². The number of carbonyl (C=O) groups is 5. The smallest absolute Gasteiger partial charge is 0.246 e. The molecule has 2 saturated heterocycles. The highest BCUT2D eigenvalue weighted by atomic mass is 32.2. The molecule has 3 amide bonds. The Kier molecular flexibility index (Phi) is 14.0. The first kappa shape index (κ1) is 37.5. The molecule has 0 spiro atoms. The fraction of sp³-hybridized carbons (Fsp3) is 0.649. The number of rotatable bonds is 13. The molecule has 1 aromatic heterocycles. The molecule has 0 saturated carbocycles. The molecule has 0 radical (unpaired) electrons. The fourth-order valence-corrected chi connectivity index (χ4v) is 8.04. The van der Waals surface area contributed by atoms with Crippen LogP contribution in [0.15, 0.2) is 30.5 Å². The molecule has 0 aliphatic carbocycles. The Labute approximate surface area is 289 Å². The predicted molar refractivity (Wildman–Crippen MR) is 189 cm³/mol. The summed E-state index contributed by atoms with van der Waals surface area (Å²) in [5.74, 6) is -1.81. The lowest BCUT2D eigenvalue weighted by atomic mass is 9.87. The van der Waals surface area contributed by atoms with Crippen LogP contribution in [-0.2, 0) is 30.4 Å². The molecule has 1 aromatic carbocycles. The predicted octanol–water partition coefficient (Wildman–Crippen LogP) is 5.24. The molecular weight excluding hydrogens is 628 g/mol. The van der Waals surface area contributed by atoms with Crippen molar-refractivity contribution in [2.24, 2.45) is 11.8 Å². The van der Waals surface area contributed by atoms with E-state index >= 15 is 0 Å². The highest BCUT2D eigenvalue weighted by molar-refractivity contribution is 8.14. The zero-order valence-corrected chi connectivity index (χ0v) is 30.1. The number of fused-ring (bicyclic) bond motifs is 2. The van der Waals surface area contributed by atoms with Gasteiger partial charge in [-0.2, -0.15) is 4.73 Å². The van der Waals surface area contributed by atoms with Crippen LogP contribution in [0.1, 0.15) is 104 Å². The van der Waals surface area contributed by atoms with Crippen LogP contribution in [0.5, 0.6) is 0 Å². The molecule has 2 unspecified atom stereocenters. The SMILES string of the molecule is CCC(CCCCC[C@@H]1CC(=O)[C@H]2CCCCN2C(=O)[C@H](C(C)CC)NC(=O)[C@H](Cc2cn(OC)c3ccccc23)NC1=O)SC(C)=O. The van der Waals surface area contributed by atoms with Crippen molar-refractivity contribution in [3.63, 3.8) is 0 Å². The van der Waals surface area contributed by atoms with E-state index in [1.54, 1.807) is 23.7 Å². The van der Waals surface area contributed by atoms with Gasteiger partial charge in [0.2, 0.25) is 17.7 Å². The topological polar surface area (TPSA) is 127 Å². The van der Waals surface area contributed by atoms with Gasteiger partial charge in [0.05, 0.1) is 11.6 Å². The summed E-state index contributed by atoms with van der Waals surface area (Å²) in [7, 11) is 1.57. The van der Waals surface area contributed by atoms with Gasteiger partial charge in [-0.15, -0.1) is 0 Å². The van der Waals surface area contributed by atoms with E-state index in [1.807, 2.05) is 44.3 Å². The number of amides is 3. The normalized spacial score (nSPS) is 23.8. The minimum absolute atomic E-state index is 0.0311. The molecule has 10 nitrogen and oxygen atoms in total. The standard InChI is InChI=1S/C37H54N4O6S/c1-6-24(3)34-37(46)40-20-14-13-19-32(40)33(43)22-26(15-9-8-10-16-28(7-2)48-25(4)42)35(44)38-30(36(45)39-34)21-27-23-41(47-5)31-18-12-11-17-29(27)31/h11-12,17-18,23-24,26,28,30,32,34H,6-10,13-16,19-22H2,1-5H3,(H,38,44)(H,39,45)/t24?,26-,28?,30+,32-,34+/m1/s1. The van der Waals surface area contributed by atoms with Gasteiger partial charge in [-0.25, -0.2) is 0 Å². The molecule has 48 heavy (non-hydrogen) atoms. The molecule has 0 bridgehead atoms. The number of hydrogen-bond acceptors (Lipinski definition) is 7. The van der Waals surface area contributed by atoms with Crippen molar-refractivity contribution in [2.45, 2.75) is 128 Å². The van der Waals surface area contributed by atoms with Gasteiger partial charge in [0.1, 0.15) is 19.2 Å². The minimum atomic E-state index is -0.962. The lowest BCUT2D eigenvalue weighted by molar-refractivity contribution is -0.147. The van der Waals surface area contributed by atoms with E-state index in [9.17, 15) is 24.0 Å². The first-order chi connectivity index (χ1) is 23.1. The van der Waals surface area contributed by atoms with Crippen LogP contribution in [0.2, 0.25) is 0 Å². The van der Waals surface area contributed by atoms with Crippen LogP contribution in [0, 0.1) is 11.8 Å². The monoisotopic (exact) mass is 682 g/mol. The Morgan fingerprint density at radius 3 is 2.50 bits per heavy atom. The zero-order valence-electron chi connectivity index (χ0n) is 29.3. The summed E-state index contributed by atoms with van der Waals surface area (Å²) in [6.07, 6.45) is 9.80. The van der Waals surface area contributed by atoms with Crippen molar-refractivity contribution in [1.82, 2.24) is 20.3 Å². The van der Waals surface area contributed by atoms with Crippen molar-refractivity contribution in [1.29, 1.82) is 0 Å². The highest BCUT2D eigenvalue weighted by Crippen LogP contribution is 2.28. The van der Waals surface area contributed by atoms with Crippen LogP contribution in [-0.4, -0.2) is 75.3 Å². The average molecular weight is 683 g/mol. The number of nitrogens with one attached hydrogen (secondary N) is 2. The molecular formula is C37H54N4O6S. The van der Waals surface area contributed by atoms with Gasteiger partial charge in [-0.1, -0.05) is 76.4 Å². The maximum atomic E-state index is 14.1. The molecule has 2 aliphatic rings. The fourth-order valence-electron chi connectivity index (χ4n) is 7.12. The van der Waals surface area contributed by atoms with E-state index in [2.05, 4.69) is 17.6 Å². The first-order valence-electron chi connectivity index (χ1n) is 17.8. The Bertz CT molecular complexity index is 1440. The zero-order chi connectivity index (χ0) is 34.8. The van der Waals surface area contributed by atoms with E-state index in [1.165, 1.54) is 11.8 Å². The van der Waals surface area contributed by atoms with E-state index in [-0.39, 0.29) is 46.7 Å². The second kappa shape index (κ2) is 17.9. The molecule has 6 atom stereocenters. The van der Waals surface area contributed by atoms with Gasteiger partial charge in [0, 0.05) is 49.1 Å². The van der Waals surface area contributed by atoms with Crippen LogP contribution < -0.4 is 15.5 Å². The molecule has 3 heterocycles. The van der Waals surface area contributed by atoms with Crippen molar-refractivity contribution >= 4 is 51.3 Å². The number of Topliss-reactive ketones (excluding diaryl/α,β-unsaturated/α-hetero) is 1. The number of unbranched alkanes of at least 4 members (excludes halogenated alkanes) is 2. The number of thioether (sulfide) groups is 1. The highest BCUT2D eigenvalue weighted by Gasteiger charge is 2.41. The molecule has 2 fully saturated rings. The molecule has 11 heteroatoms. The molecule has 2 N–H and O–H groups in total. The first-order valence-corrected chi connectivity index (χ1v) is 18.7.